The molecule has 98 valence electrons. The maximum atomic E-state index is 12.7. The topological polar surface area (TPSA) is 46.5 Å². The molecule has 0 heterocycles. The molecule has 0 fully saturated rings. The first-order chi connectivity index (χ1) is 8.40. The summed E-state index contributed by atoms with van der Waals surface area (Å²) in [6.07, 6.45) is -2.26. The first kappa shape index (κ1) is 14.2. The summed E-state index contributed by atoms with van der Waals surface area (Å²) in [7, 11) is 1.14. The van der Waals surface area contributed by atoms with Gasteiger partial charge in [0.2, 0.25) is 0 Å². The zero-order valence-electron chi connectivity index (χ0n) is 9.49. The molecule has 0 aliphatic carbocycles. The van der Waals surface area contributed by atoms with E-state index in [0.717, 1.165) is 37.5 Å². The van der Waals surface area contributed by atoms with Crippen LogP contribution in [0.2, 0.25) is 0 Å². The van der Waals surface area contributed by atoms with Crippen LogP contribution in [0.3, 0.4) is 0 Å². The van der Waals surface area contributed by atoms with Crippen molar-refractivity contribution < 1.29 is 27.8 Å². The molecule has 0 aliphatic rings. The molecule has 1 rings (SSSR count). The summed E-state index contributed by atoms with van der Waals surface area (Å²) in [5, 5.41) is 8.59. The van der Waals surface area contributed by atoms with Crippen molar-refractivity contribution in [2.24, 2.45) is 0 Å². The minimum atomic E-state index is -4.52. The summed E-state index contributed by atoms with van der Waals surface area (Å²) in [4.78, 5) is 11.2. The molecule has 6 heteroatoms. The van der Waals surface area contributed by atoms with Gasteiger partial charge in [0.15, 0.2) is 0 Å². The fraction of sp³-hybridized carbons (Fsp3) is 0.250. The van der Waals surface area contributed by atoms with E-state index < -0.39 is 17.7 Å². The summed E-state index contributed by atoms with van der Waals surface area (Å²) >= 11 is 0. The normalized spacial score (nSPS) is 11.8. The minimum Gasteiger partial charge on any atom is -0.465 e. The highest BCUT2D eigenvalue weighted by Crippen LogP contribution is 2.33. The van der Waals surface area contributed by atoms with Gasteiger partial charge in [-0.1, -0.05) is 12.2 Å². The van der Waals surface area contributed by atoms with Crippen LogP contribution in [0.4, 0.5) is 13.2 Å². The van der Waals surface area contributed by atoms with E-state index in [-0.39, 0.29) is 17.7 Å². The molecular weight excluding hydrogens is 249 g/mol. The molecule has 0 spiro atoms. The highest BCUT2D eigenvalue weighted by Gasteiger charge is 2.33. The Labute approximate surface area is 101 Å². The number of hydrogen-bond donors (Lipinski definition) is 1. The van der Waals surface area contributed by atoms with Gasteiger partial charge < -0.3 is 9.84 Å². The minimum absolute atomic E-state index is 0.0167. The molecule has 0 radical (unpaired) electrons. The summed E-state index contributed by atoms with van der Waals surface area (Å²) in [5.74, 6) is -0.720. The van der Waals surface area contributed by atoms with E-state index in [9.17, 15) is 18.0 Å². The van der Waals surface area contributed by atoms with Crippen LogP contribution in [0.25, 0.3) is 6.08 Å². The van der Waals surface area contributed by atoms with Crippen molar-refractivity contribution in [2.45, 2.75) is 6.18 Å². The number of alkyl halides is 3. The third kappa shape index (κ3) is 3.33. The molecule has 0 aromatic heterocycles. The number of carbonyl (C=O) groups is 1. The lowest BCUT2D eigenvalue weighted by molar-refractivity contribution is -0.137. The molecule has 0 unspecified atom stereocenters. The first-order valence-electron chi connectivity index (χ1n) is 4.97. The van der Waals surface area contributed by atoms with Crippen molar-refractivity contribution in [2.75, 3.05) is 13.7 Å². The molecule has 18 heavy (non-hydrogen) atoms. The van der Waals surface area contributed by atoms with E-state index in [0.29, 0.717) is 0 Å². The number of rotatable bonds is 3. The lowest BCUT2D eigenvalue weighted by Gasteiger charge is -2.11. The second-order valence-electron chi connectivity index (χ2n) is 3.38. The van der Waals surface area contributed by atoms with Gasteiger partial charge in [-0.05, 0) is 23.8 Å². The van der Waals surface area contributed by atoms with Crippen LogP contribution in [-0.2, 0) is 10.9 Å². The monoisotopic (exact) mass is 260 g/mol. The van der Waals surface area contributed by atoms with Crippen LogP contribution in [0.5, 0.6) is 0 Å². The van der Waals surface area contributed by atoms with Crippen molar-refractivity contribution in [1.29, 1.82) is 0 Å². The number of aliphatic hydroxyl groups is 1. The number of aliphatic hydroxyl groups excluding tert-OH is 1. The summed E-state index contributed by atoms with van der Waals surface area (Å²) in [6.45, 7) is -0.389. The Morgan fingerprint density at radius 3 is 2.61 bits per heavy atom. The molecule has 0 bridgehead atoms. The predicted octanol–water partition coefficient (Wildman–Crippen LogP) is 2.50. The zero-order valence-corrected chi connectivity index (χ0v) is 9.49. The first-order valence-corrected chi connectivity index (χ1v) is 4.97. The fourth-order valence-corrected chi connectivity index (χ4v) is 1.38. The number of halogens is 3. The standard InChI is InChI=1S/C12H11F3O3/c1-18-11(17)9-4-5-10(12(13,14)15)8(7-9)3-2-6-16/h2-5,7,16H,6H2,1H3/b3-2+. The second-order valence-corrected chi connectivity index (χ2v) is 3.38. The highest BCUT2D eigenvalue weighted by molar-refractivity contribution is 5.90. The summed E-state index contributed by atoms with van der Waals surface area (Å²) < 4.78 is 42.5. The molecule has 1 aromatic rings. The number of hydrogen-bond acceptors (Lipinski definition) is 3. The molecule has 3 nitrogen and oxygen atoms in total. The quantitative estimate of drug-likeness (QED) is 0.849. The van der Waals surface area contributed by atoms with Gasteiger partial charge in [-0.2, -0.15) is 13.2 Å². The molecule has 0 saturated heterocycles. The van der Waals surface area contributed by atoms with Crippen LogP contribution in [0.1, 0.15) is 21.5 Å². The third-order valence-electron chi connectivity index (χ3n) is 2.18. The molecule has 0 aliphatic heterocycles. The van der Waals surface area contributed by atoms with E-state index in [1.807, 2.05) is 0 Å². The van der Waals surface area contributed by atoms with Gasteiger partial charge in [-0.3, -0.25) is 0 Å². The number of carbonyl (C=O) groups excluding carboxylic acids is 1. The summed E-state index contributed by atoms with van der Waals surface area (Å²) in [6, 6.07) is 2.93. The van der Waals surface area contributed by atoms with E-state index in [1.165, 1.54) is 0 Å². The van der Waals surface area contributed by atoms with Gasteiger partial charge in [0.25, 0.3) is 0 Å². The number of esters is 1. The highest BCUT2D eigenvalue weighted by atomic mass is 19.4. The Hall–Kier alpha value is -1.82. The average Bonchev–Trinajstić information content (AvgIpc) is 2.33. The second kappa shape index (κ2) is 5.68. The van der Waals surface area contributed by atoms with E-state index in [2.05, 4.69) is 4.74 Å². The van der Waals surface area contributed by atoms with Crippen molar-refractivity contribution in [3.63, 3.8) is 0 Å². The molecule has 0 amide bonds. The van der Waals surface area contributed by atoms with Gasteiger partial charge in [0.1, 0.15) is 0 Å². The van der Waals surface area contributed by atoms with E-state index in [1.54, 1.807) is 0 Å². The fourth-order valence-electron chi connectivity index (χ4n) is 1.38. The van der Waals surface area contributed by atoms with Crippen LogP contribution >= 0.6 is 0 Å². The van der Waals surface area contributed by atoms with Crippen molar-refractivity contribution in [3.8, 4) is 0 Å². The van der Waals surface area contributed by atoms with Crippen LogP contribution in [-0.4, -0.2) is 24.8 Å². The SMILES string of the molecule is COC(=O)c1ccc(C(F)(F)F)c(/C=C/CO)c1. The molecule has 1 N–H and O–H groups in total. The Balaban J connectivity index is 3.29. The molecule has 1 aromatic carbocycles. The number of benzene rings is 1. The smallest absolute Gasteiger partial charge is 0.416 e. The lowest BCUT2D eigenvalue weighted by Crippen LogP contribution is -2.09. The number of methoxy groups -OCH3 is 1. The van der Waals surface area contributed by atoms with E-state index in [4.69, 9.17) is 5.11 Å². The van der Waals surface area contributed by atoms with Crippen molar-refractivity contribution in [3.05, 3.63) is 41.0 Å². The van der Waals surface area contributed by atoms with E-state index >= 15 is 0 Å². The Morgan fingerprint density at radius 2 is 2.11 bits per heavy atom. The predicted molar refractivity (Wildman–Crippen MR) is 58.9 cm³/mol. The van der Waals surface area contributed by atoms with Gasteiger partial charge in [-0.15, -0.1) is 0 Å². The van der Waals surface area contributed by atoms with Crippen LogP contribution < -0.4 is 0 Å². The third-order valence-corrected chi connectivity index (χ3v) is 2.18. The Kier molecular flexibility index (Phi) is 4.49. The lowest BCUT2D eigenvalue weighted by atomic mass is 10.0. The average molecular weight is 260 g/mol. The Bertz CT molecular complexity index is 464. The largest absolute Gasteiger partial charge is 0.465 e. The Morgan fingerprint density at radius 1 is 1.44 bits per heavy atom. The van der Waals surface area contributed by atoms with Crippen molar-refractivity contribution in [1.82, 2.24) is 0 Å². The molecule has 0 saturated carbocycles. The van der Waals surface area contributed by atoms with Gasteiger partial charge >= 0.3 is 12.1 Å². The number of ether oxygens (including phenoxy) is 1. The van der Waals surface area contributed by atoms with Gasteiger partial charge in [0.05, 0.1) is 24.8 Å². The van der Waals surface area contributed by atoms with Crippen LogP contribution in [0, 0.1) is 0 Å². The molecular formula is C12H11F3O3. The molecule has 0 atom stereocenters. The van der Waals surface area contributed by atoms with Crippen molar-refractivity contribution >= 4 is 12.0 Å². The van der Waals surface area contributed by atoms with Gasteiger partial charge in [0, 0.05) is 0 Å². The van der Waals surface area contributed by atoms with Gasteiger partial charge in [-0.25, -0.2) is 4.79 Å². The maximum Gasteiger partial charge on any atom is 0.416 e. The summed E-state index contributed by atoms with van der Waals surface area (Å²) in [5.41, 5.74) is -1.05. The maximum absolute atomic E-state index is 12.7. The van der Waals surface area contributed by atoms with Crippen LogP contribution in [0.15, 0.2) is 24.3 Å². The zero-order chi connectivity index (χ0) is 13.8.